The molecule has 0 saturated heterocycles. The highest BCUT2D eigenvalue weighted by atomic mass is 32.2. The Morgan fingerprint density at radius 1 is 1.24 bits per heavy atom. The Labute approximate surface area is 123 Å². The first kappa shape index (κ1) is 15.3. The Morgan fingerprint density at radius 3 is 2.57 bits per heavy atom. The summed E-state index contributed by atoms with van der Waals surface area (Å²) in [7, 11) is 0.926. The van der Waals surface area contributed by atoms with Crippen LogP contribution in [0.3, 0.4) is 0 Å². The molecule has 2 aromatic rings. The third kappa shape index (κ3) is 3.53. The highest BCUT2D eigenvalue weighted by Gasteiger charge is 2.20. The summed E-state index contributed by atoms with van der Waals surface area (Å²) >= 11 is 0. The predicted octanol–water partition coefficient (Wildman–Crippen LogP) is 0.916. The molecular weight excluding hydrogens is 294 g/mol. The van der Waals surface area contributed by atoms with E-state index in [9.17, 15) is 8.42 Å². The summed E-state index contributed by atoms with van der Waals surface area (Å²) in [4.78, 5) is 0.0280. The van der Waals surface area contributed by atoms with Gasteiger partial charge < -0.3 is 9.47 Å². The second-order valence-electron chi connectivity index (χ2n) is 4.32. The molecule has 0 unspecified atom stereocenters. The van der Waals surface area contributed by atoms with Crippen molar-refractivity contribution in [3.05, 3.63) is 36.2 Å². The van der Waals surface area contributed by atoms with Gasteiger partial charge in [0.25, 0.3) is 0 Å². The second kappa shape index (κ2) is 6.15. The quantitative estimate of drug-likeness (QED) is 0.857. The van der Waals surface area contributed by atoms with Crippen molar-refractivity contribution in [2.45, 2.75) is 11.4 Å². The molecule has 0 saturated carbocycles. The monoisotopic (exact) mass is 311 g/mol. The predicted molar refractivity (Wildman–Crippen MR) is 76.8 cm³/mol. The van der Waals surface area contributed by atoms with Crippen LogP contribution in [0.5, 0.6) is 11.5 Å². The van der Waals surface area contributed by atoms with Crippen molar-refractivity contribution in [2.75, 3.05) is 14.2 Å². The molecule has 0 amide bonds. The third-order valence-electron chi connectivity index (χ3n) is 2.87. The van der Waals surface area contributed by atoms with Gasteiger partial charge in [-0.1, -0.05) is 0 Å². The van der Waals surface area contributed by atoms with Crippen molar-refractivity contribution >= 4 is 10.0 Å². The zero-order valence-electron chi connectivity index (χ0n) is 12.0. The van der Waals surface area contributed by atoms with E-state index in [1.54, 1.807) is 36.1 Å². The fraction of sp³-hybridized carbons (Fsp3) is 0.308. The summed E-state index contributed by atoms with van der Waals surface area (Å²) in [5.41, 5.74) is 0.628. The maximum absolute atomic E-state index is 12.4. The summed E-state index contributed by atoms with van der Waals surface area (Å²) in [5.74, 6) is 0.693. The molecule has 0 radical (unpaired) electrons. The Kier molecular flexibility index (Phi) is 4.49. The minimum Gasteiger partial charge on any atom is -0.497 e. The van der Waals surface area contributed by atoms with Crippen LogP contribution in [-0.4, -0.2) is 32.4 Å². The van der Waals surface area contributed by atoms with Crippen LogP contribution in [0.1, 0.15) is 5.69 Å². The van der Waals surface area contributed by atoms with Crippen LogP contribution in [0.25, 0.3) is 0 Å². The Morgan fingerprint density at radius 2 is 2.00 bits per heavy atom. The molecule has 1 aromatic heterocycles. The first-order valence-corrected chi connectivity index (χ1v) is 7.65. The van der Waals surface area contributed by atoms with Crippen LogP contribution in [0.15, 0.2) is 35.4 Å². The standard InChI is InChI=1S/C13H17N3O4S/c1-16-7-6-10(15-16)9-14-21(17,18)13-8-11(19-2)4-5-12(13)20-3/h4-8,14H,9H2,1-3H3. The molecule has 8 heteroatoms. The lowest BCUT2D eigenvalue weighted by molar-refractivity contribution is 0.392. The van der Waals surface area contributed by atoms with E-state index in [0.29, 0.717) is 11.4 Å². The number of methoxy groups -OCH3 is 2. The second-order valence-corrected chi connectivity index (χ2v) is 6.06. The summed E-state index contributed by atoms with van der Waals surface area (Å²) in [6.45, 7) is 0.101. The van der Waals surface area contributed by atoms with Crippen molar-refractivity contribution in [1.82, 2.24) is 14.5 Å². The average molecular weight is 311 g/mol. The van der Waals surface area contributed by atoms with Gasteiger partial charge in [0.1, 0.15) is 16.4 Å². The number of rotatable bonds is 6. The van der Waals surface area contributed by atoms with E-state index in [-0.39, 0.29) is 17.2 Å². The van der Waals surface area contributed by atoms with E-state index in [4.69, 9.17) is 9.47 Å². The summed E-state index contributed by atoms with van der Waals surface area (Å²) in [5, 5.41) is 4.12. The number of nitrogens with one attached hydrogen (secondary N) is 1. The zero-order valence-corrected chi connectivity index (χ0v) is 12.8. The molecule has 114 valence electrons. The smallest absolute Gasteiger partial charge is 0.244 e. The number of aryl methyl sites for hydroxylation is 1. The van der Waals surface area contributed by atoms with Crippen LogP contribution in [0, 0.1) is 0 Å². The van der Waals surface area contributed by atoms with Gasteiger partial charge in [-0.2, -0.15) is 5.10 Å². The van der Waals surface area contributed by atoms with Crippen LogP contribution in [0.4, 0.5) is 0 Å². The highest BCUT2D eigenvalue weighted by molar-refractivity contribution is 7.89. The number of aromatic nitrogens is 2. The number of nitrogens with zero attached hydrogens (tertiary/aromatic N) is 2. The molecule has 2 rings (SSSR count). The van der Waals surface area contributed by atoms with E-state index in [1.807, 2.05) is 0 Å². The van der Waals surface area contributed by atoms with Gasteiger partial charge in [-0.05, 0) is 18.2 Å². The van der Waals surface area contributed by atoms with Crippen molar-refractivity contribution < 1.29 is 17.9 Å². The Bertz CT molecular complexity index is 725. The van der Waals surface area contributed by atoms with Gasteiger partial charge in [-0.15, -0.1) is 0 Å². The molecule has 0 fully saturated rings. The molecule has 0 aliphatic heterocycles. The number of sulfonamides is 1. The molecular formula is C13H17N3O4S. The summed E-state index contributed by atoms with van der Waals surface area (Å²) in [6, 6.07) is 6.34. The molecule has 0 atom stereocenters. The van der Waals surface area contributed by atoms with E-state index >= 15 is 0 Å². The van der Waals surface area contributed by atoms with Gasteiger partial charge in [-0.3, -0.25) is 4.68 Å². The maximum atomic E-state index is 12.4. The Balaban J connectivity index is 2.26. The maximum Gasteiger partial charge on any atom is 0.244 e. The fourth-order valence-corrected chi connectivity index (χ4v) is 2.98. The first-order valence-electron chi connectivity index (χ1n) is 6.16. The molecule has 1 aromatic carbocycles. The lowest BCUT2D eigenvalue weighted by Crippen LogP contribution is -2.24. The van der Waals surface area contributed by atoms with Crippen molar-refractivity contribution in [3.63, 3.8) is 0 Å². The molecule has 7 nitrogen and oxygen atoms in total. The molecule has 21 heavy (non-hydrogen) atoms. The van der Waals surface area contributed by atoms with E-state index in [2.05, 4.69) is 9.82 Å². The zero-order chi connectivity index (χ0) is 15.5. The number of hydrogen-bond donors (Lipinski definition) is 1. The van der Waals surface area contributed by atoms with Gasteiger partial charge >= 0.3 is 0 Å². The summed E-state index contributed by atoms with van der Waals surface area (Å²) < 4.78 is 39.0. The van der Waals surface area contributed by atoms with Crippen molar-refractivity contribution in [2.24, 2.45) is 7.05 Å². The van der Waals surface area contributed by atoms with Crippen molar-refractivity contribution in [3.8, 4) is 11.5 Å². The normalized spacial score (nSPS) is 11.4. The van der Waals surface area contributed by atoms with E-state index in [0.717, 1.165) is 0 Å². The SMILES string of the molecule is COc1ccc(OC)c(S(=O)(=O)NCc2ccn(C)n2)c1. The van der Waals surface area contributed by atoms with Gasteiger partial charge in [-0.25, -0.2) is 13.1 Å². The summed E-state index contributed by atoms with van der Waals surface area (Å²) in [6.07, 6.45) is 1.75. The van der Waals surface area contributed by atoms with Crippen LogP contribution >= 0.6 is 0 Å². The lowest BCUT2D eigenvalue weighted by Gasteiger charge is -2.11. The van der Waals surface area contributed by atoms with Gasteiger partial charge in [0.2, 0.25) is 10.0 Å². The molecule has 0 bridgehead atoms. The van der Waals surface area contributed by atoms with Gasteiger partial charge in [0, 0.05) is 19.3 Å². The Hall–Kier alpha value is -2.06. The highest BCUT2D eigenvalue weighted by Crippen LogP contribution is 2.28. The number of hydrogen-bond acceptors (Lipinski definition) is 5. The van der Waals surface area contributed by atoms with Crippen molar-refractivity contribution in [1.29, 1.82) is 0 Å². The van der Waals surface area contributed by atoms with Crippen LogP contribution in [-0.2, 0) is 23.6 Å². The minimum atomic E-state index is -3.73. The minimum absolute atomic E-state index is 0.0280. The average Bonchev–Trinajstić information content (AvgIpc) is 2.90. The molecule has 0 aliphatic carbocycles. The van der Waals surface area contributed by atoms with Gasteiger partial charge in [0.15, 0.2) is 0 Å². The largest absolute Gasteiger partial charge is 0.497 e. The van der Waals surface area contributed by atoms with Crippen LogP contribution < -0.4 is 14.2 Å². The molecule has 0 spiro atoms. The third-order valence-corrected chi connectivity index (χ3v) is 4.29. The van der Waals surface area contributed by atoms with E-state index in [1.165, 1.54) is 20.3 Å². The number of benzene rings is 1. The number of ether oxygens (including phenoxy) is 2. The molecule has 0 aliphatic rings. The van der Waals surface area contributed by atoms with Crippen LogP contribution in [0.2, 0.25) is 0 Å². The lowest BCUT2D eigenvalue weighted by atomic mass is 10.3. The molecule has 1 heterocycles. The first-order chi connectivity index (χ1) is 9.96. The fourth-order valence-electron chi connectivity index (χ4n) is 1.80. The van der Waals surface area contributed by atoms with E-state index < -0.39 is 10.0 Å². The topological polar surface area (TPSA) is 82.5 Å². The van der Waals surface area contributed by atoms with Gasteiger partial charge in [0.05, 0.1) is 26.5 Å². The molecule has 1 N–H and O–H groups in total.